The van der Waals surface area contributed by atoms with Crippen LogP contribution in [0.3, 0.4) is 0 Å². The molecule has 3 heterocycles. The fourth-order valence-corrected chi connectivity index (χ4v) is 2.24. The quantitative estimate of drug-likeness (QED) is 0.815. The molecule has 0 atom stereocenters. The van der Waals surface area contributed by atoms with Crippen LogP contribution in [-0.2, 0) is 4.79 Å². The van der Waals surface area contributed by atoms with Gasteiger partial charge in [0.2, 0.25) is 5.91 Å². The Balaban J connectivity index is 1.79. The average Bonchev–Trinajstić information content (AvgIpc) is 2.89. The lowest BCUT2D eigenvalue weighted by molar-refractivity contribution is -0.120. The van der Waals surface area contributed by atoms with Crippen LogP contribution in [0.1, 0.15) is 12.8 Å². The standard InChI is InChI=1S/C12H15N5O/c18-12(9-1-5-13-6-2-9)16-11-3-7-14-10-4-8-15-17(10)11/h3-4,7-9,13H,1-2,5-6H2,(H,16,18). The van der Waals surface area contributed by atoms with E-state index >= 15 is 0 Å². The molecule has 0 unspecified atom stereocenters. The van der Waals surface area contributed by atoms with E-state index in [1.807, 2.05) is 0 Å². The molecule has 18 heavy (non-hydrogen) atoms. The second-order valence-corrected chi connectivity index (χ2v) is 4.44. The zero-order valence-corrected chi connectivity index (χ0v) is 9.97. The Morgan fingerprint density at radius 2 is 2.17 bits per heavy atom. The molecule has 1 aliphatic heterocycles. The first-order chi connectivity index (χ1) is 8.84. The molecule has 1 aliphatic rings. The molecule has 0 saturated carbocycles. The van der Waals surface area contributed by atoms with Gasteiger partial charge in [-0.1, -0.05) is 0 Å². The van der Waals surface area contributed by atoms with Gasteiger partial charge >= 0.3 is 0 Å². The van der Waals surface area contributed by atoms with Crippen molar-refractivity contribution in [2.75, 3.05) is 18.4 Å². The maximum absolute atomic E-state index is 12.1. The molecule has 1 saturated heterocycles. The Hall–Kier alpha value is -1.95. The lowest BCUT2D eigenvalue weighted by Crippen LogP contribution is -2.35. The largest absolute Gasteiger partial charge is 0.317 e. The van der Waals surface area contributed by atoms with Gasteiger partial charge in [-0.05, 0) is 32.0 Å². The Kier molecular flexibility index (Phi) is 2.93. The van der Waals surface area contributed by atoms with Crippen LogP contribution in [0.15, 0.2) is 24.5 Å². The molecule has 6 heteroatoms. The lowest BCUT2D eigenvalue weighted by Gasteiger charge is -2.21. The summed E-state index contributed by atoms with van der Waals surface area (Å²) < 4.78 is 1.64. The van der Waals surface area contributed by atoms with Gasteiger partial charge in [0, 0.05) is 18.2 Å². The fourth-order valence-electron chi connectivity index (χ4n) is 2.24. The monoisotopic (exact) mass is 245 g/mol. The van der Waals surface area contributed by atoms with Crippen LogP contribution in [0, 0.1) is 5.92 Å². The molecule has 6 nitrogen and oxygen atoms in total. The third-order valence-electron chi connectivity index (χ3n) is 3.25. The van der Waals surface area contributed by atoms with Gasteiger partial charge in [0.05, 0.1) is 6.20 Å². The number of nitrogens with zero attached hydrogens (tertiary/aromatic N) is 3. The summed E-state index contributed by atoms with van der Waals surface area (Å²) in [5.41, 5.74) is 0.734. The van der Waals surface area contributed by atoms with Crippen LogP contribution in [0.25, 0.3) is 5.65 Å². The Labute approximate surface area is 104 Å². The van der Waals surface area contributed by atoms with E-state index < -0.39 is 0 Å². The summed E-state index contributed by atoms with van der Waals surface area (Å²) in [6.07, 6.45) is 5.12. The van der Waals surface area contributed by atoms with E-state index in [4.69, 9.17) is 0 Å². The van der Waals surface area contributed by atoms with Gasteiger partial charge in [-0.25, -0.2) is 4.98 Å². The van der Waals surface area contributed by atoms with Crippen molar-refractivity contribution in [1.82, 2.24) is 19.9 Å². The topological polar surface area (TPSA) is 71.3 Å². The lowest BCUT2D eigenvalue weighted by atomic mass is 9.97. The maximum Gasteiger partial charge on any atom is 0.228 e. The van der Waals surface area contributed by atoms with E-state index in [1.54, 1.807) is 29.0 Å². The molecule has 2 N–H and O–H groups in total. The highest BCUT2D eigenvalue weighted by molar-refractivity contribution is 5.92. The Morgan fingerprint density at radius 3 is 3.00 bits per heavy atom. The first kappa shape index (κ1) is 11.2. The van der Waals surface area contributed by atoms with E-state index in [1.165, 1.54) is 0 Å². The molecular weight excluding hydrogens is 230 g/mol. The van der Waals surface area contributed by atoms with Gasteiger partial charge in [0.1, 0.15) is 5.82 Å². The van der Waals surface area contributed by atoms with Crippen molar-refractivity contribution < 1.29 is 4.79 Å². The minimum Gasteiger partial charge on any atom is -0.317 e. The summed E-state index contributed by atoms with van der Waals surface area (Å²) in [5, 5.41) is 10.3. The number of anilines is 1. The van der Waals surface area contributed by atoms with Crippen molar-refractivity contribution >= 4 is 17.4 Å². The molecule has 1 amide bonds. The van der Waals surface area contributed by atoms with Crippen molar-refractivity contribution in [1.29, 1.82) is 0 Å². The second kappa shape index (κ2) is 4.73. The first-order valence-electron chi connectivity index (χ1n) is 6.15. The van der Waals surface area contributed by atoms with Crippen molar-refractivity contribution in [2.24, 2.45) is 5.92 Å². The highest BCUT2D eigenvalue weighted by atomic mass is 16.2. The molecule has 94 valence electrons. The molecule has 2 aromatic heterocycles. The molecule has 0 bridgehead atoms. The summed E-state index contributed by atoms with van der Waals surface area (Å²) >= 11 is 0. The number of nitrogens with one attached hydrogen (secondary N) is 2. The van der Waals surface area contributed by atoms with E-state index in [9.17, 15) is 4.79 Å². The van der Waals surface area contributed by atoms with E-state index in [-0.39, 0.29) is 11.8 Å². The van der Waals surface area contributed by atoms with Crippen LogP contribution in [0.2, 0.25) is 0 Å². The number of fused-ring (bicyclic) bond motifs is 1. The minimum absolute atomic E-state index is 0.0690. The number of rotatable bonds is 2. The van der Waals surface area contributed by atoms with E-state index in [0.717, 1.165) is 31.6 Å². The molecule has 2 aromatic rings. The summed E-state index contributed by atoms with van der Waals surface area (Å²) in [6.45, 7) is 1.82. The molecule has 0 aliphatic carbocycles. The Morgan fingerprint density at radius 1 is 1.33 bits per heavy atom. The smallest absolute Gasteiger partial charge is 0.228 e. The van der Waals surface area contributed by atoms with Crippen LogP contribution in [0.4, 0.5) is 5.82 Å². The Bertz CT molecular complexity index is 558. The van der Waals surface area contributed by atoms with Crippen molar-refractivity contribution in [3.05, 3.63) is 24.5 Å². The van der Waals surface area contributed by atoms with Gasteiger partial charge in [0.25, 0.3) is 0 Å². The van der Waals surface area contributed by atoms with Crippen LogP contribution >= 0.6 is 0 Å². The molecule has 0 spiro atoms. The van der Waals surface area contributed by atoms with E-state index in [0.29, 0.717) is 5.82 Å². The van der Waals surface area contributed by atoms with Crippen molar-refractivity contribution in [2.45, 2.75) is 12.8 Å². The number of aromatic nitrogens is 3. The van der Waals surface area contributed by atoms with Gasteiger partial charge in [-0.15, -0.1) is 0 Å². The van der Waals surface area contributed by atoms with Gasteiger partial charge < -0.3 is 10.6 Å². The summed E-state index contributed by atoms with van der Waals surface area (Å²) in [4.78, 5) is 16.3. The first-order valence-corrected chi connectivity index (χ1v) is 6.15. The fraction of sp³-hybridized carbons (Fsp3) is 0.417. The maximum atomic E-state index is 12.1. The molecule has 0 aromatic carbocycles. The third-order valence-corrected chi connectivity index (χ3v) is 3.25. The highest BCUT2D eigenvalue weighted by Crippen LogP contribution is 2.15. The predicted molar refractivity (Wildman–Crippen MR) is 67.2 cm³/mol. The summed E-state index contributed by atoms with van der Waals surface area (Å²) in [6, 6.07) is 3.57. The second-order valence-electron chi connectivity index (χ2n) is 4.44. The van der Waals surface area contributed by atoms with E-state index in [2.05, 4.69) is 20.7 Å². The van der Waals surface area contributed by atoms with Gasteiger partial charge in [-0.2, -0.15) is 9.61 Å². The summed E-state index contributed by atoms with van der Waals surface area (Å²) in [5.74, 6) is 0.832. The number of piperidine rings is 1. The number of carbonyl (C=O) groups excluding carboxylic acids is 1. The number of carbonyl (C=O) groups is 1. The molecular formula is C12H15N5O. The van der Waals surface area contributed by atoms with Crippen molar-refractivity contribution in [3.63, 3.8) is 0 Å². The number of amides is 1. The summed E-state index contributed by atoms with van der Waals surface area (Å²) in [7, 11) is 0. The van der Waals surface area contributed by atoms with Gasteiger partial charge in [0.15, 0.2) is 5.65 Å². The highest BCUT2D eigenvalue weighted by Gasteiger charge is 2.21. The predicted octanol–water partition coefficient (Wildman–Crippen LogP) is 0.667. The molecule has 0 radical (unpaired) electrons. The third kappa shape index (κ3) is 2.06. The SMILES string of the molecule is O=C(Nc1ccnc2ccnn12)C1CCNCC1. The van der Waals surface area contributed by atoms with Crippen molar-refractivity contribution in [3.8, 4) is 0 Å². The van der Waals surface area contributed by atoms with Crippen LogP contribution in [0.5, 0.6) is 0 Å². The number of hydrogen-bond donors (Lipinski definition) is 2. The molecule has 3 rings (SSSR count). The zero-order chi connectivity index (χ0) is 12.4. The minimum atomic E-state index is 0.0690. The normalized spacial score (nSPS) is 16.9. The average molecular weight is 245 g/mol. The van der Waals surface area contributed by atoms with Crippen LogP contribution in [-0.4, -0.2) is 33.6 Å². The van der Waals surface area contributed by atoms with Crippen LogP contribution < -0.4 is 10.6 Å². The van der Waals surface area contributed by atoms with Gasteiger partial charge in [-0.3, -0.25) is 4.79 Å². The molecule has 1 fully saturated rings. The number of hydrogen-bond acceptors (Lipinski definition) is 4. The zero-order valence-electron chi connectivity index (χ0n) is 9.97.